The fraction of sp³-hybridized carbons (Fsp3) is 0.938. The van der Waals surface area contributed by atoms with Crippen LogP contribution in [0.15, 0.2) is 0 Å². The van der Waals surface area contributed by atoms with Crippen LogP contribution in [-0.4, -0.2) is 97.4 Å². The van der Waals surface area contributed by atoms with Gasteiger partial charge in [-0.15, -0.1) is 0 Å². The SMILES string of the molecule is C(CC1CCNCC1)CC1CCNCC1.C1CCN(CCCN2CCCCC2)CC1.CCC(=O)O.CCC(=O)O. The summed E-state index contributed by atoms with van der Waals surface area (Å²) >= 11 is 0. The average Bonchev–Trinajstić information content (AvgIpc) is 3.00. The van der Waals surface area contributed by atoms with Gasteiger partial charge in [-0.05, 0) is 135 Å². The number of nitrogens with one attached hydrogen (secondary N) is 2. The number of carboxylic acid groups (broad SMARTS) is 2. The number of piperidine rings is 4. The fourth-order valence-corrected chi connectivity index (χ4v) is 5.92. The minimum absolute atomic E-state index is 0.222. The monoisotopic (exact) mass is 568 g/mol. The maximum Gasteiger partial charge on any atom is 0.303 e. The largest absolute Gasteiger partial charge is 0.481 e. The van der Waals surface area contributed by atoms with Gasteiger partial charge in [-0.3, -0.25) is 9.59 Å². The van der Waals surface area contributed by atoms with Crippen LogP contribution in [0.4, 0.5) is 0 Å². The molecule has 4 saturated heterocycles. The van der Waals surface area contributed by atoms with E-state index in [2.05, 4.69) is 20.4 Å². The topological polar surface area (TPSA) is 105 Å². The fourth-order valence-electron chi connectivity index (χ4n) is 5.92. The first kappa shape index (κ1) is 36.8. The van der Waals surface area contributed by atoms with Crippen LogP contribution in [0.1, 0.15) is 117 Å². The van der Waals surface area contributed by atoms with Crippen LogP contribution in [0.25, 0.3) is 0 Å². The zero-order chi connectivity index (χ0) is 29.3. The van der Waals surface area contributed by atoms with Gasteiger partial charge in [-0.1, -0.05) is 46.0 Å². The summed E-state index contributed by atoms with van der Waals surface area (Å²) in [5.74, 6) is 0.580. The summed E-state index contributed by atoms with van der Waals surface area (Å²) in [6.07, 6.45) is 20.6. The molecule has 0 radical (unpaired) electrons. The summed E-state index contributed by atoms with van der Waals surface area (Å²) in [5.41, 5.74) is 0. The van der Waals surface area contributed by atoms with E-state index in [9.17, 15) is 9.59 Å². The van der Waals surface area contributed by atoms with Gasteiger partial charge in [0.2, 0.25) is 0 Å². The van der Waals surface area contributed by atoms with Crippen molar-refractivity contribution in [3.63, 3.8) is 0 Å². The molecule has 4 N–H and O–H groups in total. The molecule has 4 aliphatic heterocycles. The number of rotatable bonds is 10. The Labute approximate surface area is 246 Å². The van der Waals surface area contributed by atoms with Crippen molar-refractivity contribution in [1.29, 1.82) is 0 Å². The zero-order valence-electron chi connectivity index (χ0n) is 26.1. The molecule has 0 aromatic rings. The van der Waals surface area contributed by atoms with E-state index >= 15 is 0 Å². The Kier molecular flexibility index (Phi) is 23.5. The molecule has 8 heteroatoms. The number of carboxylic acids is 2. The van der Waals surface area contributed by atoms with E-state index in [-0.39, 0.29) is 12.8 Å². The third kappa shape index (κ3) is 21.5. The molecule has 4 aliphatic rings. The smallest absolute Gasteiger partial charge is 0.303 e. The van der Waals surface area contributed by atoms with Crippen molar-refractivity contribution in [2.45, 2.75) is 117 Å². The van der Waals surface area contributed by atoms with Gasteiger partial charge in [0, 0.05) is 12.8 Å². The Bertz CT molecular complexity index is 510. The maximum absolute atomic E-state index is 9.37. The number of nitrogens with zero attached hydrogens (tertiary/aromatic N) is 2. The molecule has 0 aromatic heterocycles. The summed E-state index contributed by atoms with van der Waals surface area (Å²) in [6.45, 7) is 16.4. The van der Waals surface area contributed by atoms with Crippen molar-refractivity contribution < 1.29 is 19.8 Å². The Hall–Kier alpha value is -1.22. The minimum atomic E-state index is -0.745. The molecule has 0 aromatic carbocycles. The third-order valence-corrected chi connectivity index (χ3v) is 8.59. The second-order valence-corrected chi connectivity index (χ2v) is 12.0. The van der Waals surface area contributed by atoms with Crippen molar-refractivity contribution >= 4 is 11.9 Å². The molecule has 4 heterocycles. The third-order valence-electron chi connectivity index (χ3n) is 8.59. The summed E-state index contributed by atoms with van der Waals surface area (Å²) in [4.78, 5) is 24.1. The first-order valence-corrected chi connectivity index (χ1v) is 16.7. The molecule has 4 fully saturated rings. The Morgan fingerprint density at radius 2 is 0.925 bits per heavy atom. The van der Waals surface area contributed by atoms with Crippen LogP contribution in [0.5, 0.6) is 0 Å². The quantitative estimate of drug-likeness (QED) is 0.275. The lowest BCUT2D eigenvalue weighted by molar-refractivity contribution is -0.137. The summed E-state index contributed by atoms with van der Waals surface area (Å²) in [5, 5.41) is 22.3. The molecule has 0 aliphatic carbocycles. The molecule has 4 rings (SSSR count). The van der Waals surface area contributed by atoms with Gasteiger partial charge in [0.05, 0.1) is 0 Å². The summed E-state index contributed by atoms with van der Waals surface area (Å²) < 4.78 is 0. The van der Waals surface area contributed by atoms with Crippen LogP contribution in [0, 0.1) is 11.8 Å². The van der Waals surface area contributed by atoms with E-state index in [1.807, 2.05) is 0 Å². The summed E-state index contributed by atoms with van der Waals surface area (Å²) in [6, 6.07) is 0. The van der Waals surface area contributed by atoms with Gasteiger partial charge in [-0.25, -0.2) is 0 Å². The Morgan fingerprint density at radius 3 is 1.23 bits per heavy atom. The highest BCUT2D eigenvalue weighted by atomic mass is 16.4. The lowest BCUT2D eigenvalue weighted by Crippen LogP contribution is -2.35. The average molecular weight is 569 g/mol. The molecule has 0 amide bonds. The standard InChI is InChI=1S/2C13H26N2.2C3H6O2/c1-3-8-14(9-4-1)12-7-13-15-10-5-2-6-11-15;1(2-12-4-8-14-9-5-12)3-13-6-10-15-11-7-13;2*1-2-3(4)5/h1-13H2;12-15H,1-11H2;2*2H2,1H3,(H,4,5). The second kappa shape index (κ2) is 25.5. The lowest BCUT2D eigenvalue weighted by Gasteiger charge is -2.29. The van der Waals surface area contributed by atoms with Crippen LogP contribution in [0.2, 0.25) is 0 Å². The van der Waals surface area contributed by atoms with E-state index in [0.29, 0.717) is 0 Å². The Morgan fingerprint density at radius 1 is 0.600 bits per heavy atom. The highest BCUT2D eigenvalue weighted by Crippen LogP contribution is 2.23. The molecule has 8 nitrogen and oxygen atoms in total. The minimum Gasteiger partial charge on any atom is -0.481 e. The number of hydrogen-bond acceptors (Lipinski definition) is 6. The van der Waals surface area contributed by atoms with Gasteiger partial charge < -0.3 is 30.6 Å². The zero-order valence-corrected chi connectivity index (χ0v) is 26.1. The Balaban J connectivity index is 0.000000302. The van der Waals surface area contributed by atoms with E-state index in [0.717, 1.165) is 11.8 Å². The van der Waals surface area contributed by atoms with Crippen molar-refractivity contribution in [2.75, 3.05) is 65.4 Å². The van der Waals surface area contributed by atoms with E-state index in [4.69, 9.17) is 10.2 Å². The maximum atomic E-state index is 9.37. The highest BCUT2D eigenvalue weighted by molar-refractivity contribution is 5.66. The number of carbonyl (C=O) groups is 2. The van der Waals surface area contributed by atoms with Crippen LogP contribution in [0.3, 0.4) is 0 Å². The van der Waals surface area contributed by atoms with Crippen molar-refractivity contribution in [1.82, 2.24) is 20.4 Å². The first-order valence-electron chi connectivity index (χ1n) is 16.7. The van der Waals surface area contributed by atoms with Gasteiger partial charge in [0.15, 0.2) is 0 Å². The van der Waals surface area contributed by atoms with Crippen molar-refractivity contribution in [3.8, 4) is 0 Å². The second-order valence-electron chi connectivity index (χ2n) is 12.0. The van der Waals surface area contributed by atoms with Crippen molar-refractivity contribution in [2.24, 2.45) is 11.8 Å². The molecule has 0 atom stereocenters. The van der Waals surface area contributed by atoms with E-state index in [1.54, 1.807) is 13.8 Å². The number of hydrogen-bond donors (Lipinski definition) is 4. The summed E-state index contributed by atoms with van der Waals surface area (Å²) in [7, 11) is 0. The number of likely N-dealkylation sites (tertiary alicyclic amines) is 2. The van der Waals surface area contributed by atoms with Crippen LogP contribution in [-0.2, 0) is 9.59 Å². The van der Waals surface area contributed by atoms with Gasteiger partial charge >= 0.3 is 11.9 Å². The molecule has 0 spiro atoms. The van der Waals surface area contributed by atoms with Gasteiger partial charge in [-0.2, -0.15) is 0 Å². The van der Waals surface area contributed by atoms with E-state index < -0.39 is 11.9 Å². The molecule has 40 heavy (non-hydrogen) atoms. The molecule has 0 unspecified atom stereocenters. The normalized spacial score (nSPS) is 21.1. The van der Waals surface area contributed by atoms with Crippen LogP contribution >= 0.6 is 0 Å². The molecule has 0 bridgehead atoms. The molecule has 236 valence electrons. The molecule has 0 saturated carbocycles. The highest BCUT2D eigenvalue weighted by Gasteiger charge is 2.16. The van der Waals surface area contributed by atoms with Crippen molar-refractivity contribution in [3.05, 3.63) is 0 Å². The molecular formula is C32H64N4O4. The lowest BCUT2D eigenvalue weighted by atomic mass is 9.87. The molecular weight excluding hydrogens is 504 g/mol. The van der Waals surface area contributed by atoms with Gasteiger partial charge in [0.25, 0.3) is 0 Å². The first-order chi connectivity index (χ1) is 19.4. The predicted molar refractivity (Wildman–Crippen MR) is 166 cm³/mol. The van der Waals surface area contributed by atoms with Crippen LogP contribution < -0.4 is 10.6 Å². The van der Waals surface area contributed by atoms with E-state index in [1.165, 1.54) is 155 Å². The number of aliphatic carboxylic acids is 2. The van der Waals surface area contributed by atoms with Gasteiger partial charge in [0.1, 0.15) is 0 Å². The predicted octanol–water partition coefficient (Wildman–Crippen LogP) is 5.47.